The average Bonchev–Trinajstić information content (AvgIpc) is 3.92. The first kappa shape index (κ1) is 53.9. The Hall–Kier alpha value is -6.47. The molecular weight excluding hydrogens is 883 g/mol. The number of benzene rings is 1. The zero-order chi connectivity index (χ0) is 49.4. The third kappa shape index (κ3) is 15.6. The summed E-state index contributed by atoms with van der Waals surface area (Å²) in [6, 6.07) is -3.85. The molecule has 2 aromatic rings. The molecule has 24 nitrogen and oxygen atoms in total. The number of aliphatic carboxylic acids is 1. The zero-order valence-electron chi connectivity index (χ0n) is 37.5. The lowest BCUT2D eigenvalue weighted by Gasteiger charge is -2.30. The lowest BCUT2D eigenvalue weighted by molar-refractivity contribution is -0.144. The van der Waals surface area contributed by atoms with Crippen molar-refractivity contribution in [2.45, 2.75) is 127 Å². The topological polar surface area (TPSA) is 388 Å². The highest BCUT2D eigenvalue weighted by atomic mass is 32.1. The van der Waals surface area contributed by atoms with Gasteiger partial charge in [-0.3, -0.25) is 43.3 Å². The maximum atomic E-state index is 14.0. The molecule has 66 heavy (non-hydrogen) atoms. The molecule has 0 saturated carbocycles. The van der Waals surface area contributed by atoms with E-state index in [1.165, 1.54) is 39.5 Å². The van der Waals surface area contributed by atoms with E-state index in [-0.39, 0.29) is 50.5 Å². The summed E-state index contributed by atoms with van der Waals surface area (Å²) < 4.78 is 0. The quantitative estimate of drug-likeness (QED) is 0.0206. The number of aliphatic imine (C=N–C) groups is 1. The molecule has 8 amide bonds. The number of carboxylic acids is 1. The molecule has 1 aliphatic heterocycles. The van der Waals surface area contributed by atoms with E-state index in [0.29, 0.717) is 12.0 Å². The minimum Gasteiger partial charge on any atom is -0.480 e. The maximum Gasteiger partial charge on any atom is 0.326 e. The highest BCUT2D eigenvalue weighted by molar-refractivity contribution is 7.80. The largest absolute Gasteiger partial charge is 0.480 e. The molecule has 1 aromatic carbocycles. The number of aliphatic hydroxyl groups excluding tert-OH is 1. The van der Waals surface area contributed by atoms with Crippen LogP contribution in [-0.4, -0.2) is 159 Å². The molecule has 1 aliphatic rings. The van der Waals surface area contributed by atoms with Crippen molar-refractivity contribution in [1.82, 2.24) is 47.1 Å². The number of nitrogens with one attached hydrogen (secondary N) is 8. The van der Waals surface area contributed by atoms with Crippen LogP contribution in [0.4, 0.5) is 0 Å². The van der Waals surface area contributed by atoms with Crippen LogP contribution in [-0.2, 0) is 49.6 Å². The Morgan fingerprint density at radius 3 is 1.97 bits per heavy atom. The van der Waals surface area contributed by atoms with Crippen LogP contribution in [0.2, 0.25) is 0 Å². The molecule has 0 bridgehead atoms. The fourth-order valence-electron chi connectivity index (χ4n) is 6.91. The molecule has 364 valence electrons. The van der Waals surface area contributed by atoms with E-state index in [0.717, 1.165) is 10.9 Å². The van der Waals surface area contributed by atoms with Crippen molar-refractivity contribution in [3.8, 4) is 0 Å². The number of nitrogens with two attached hydrogens (primary N) is 3. The Morgan fingerprint density at radius 1 is 0.788 bits per heavy atom. The Kier molecular flexibility index (Phi) is 20.6. The Morgan fingerprint density at radius 2 is 1.36 bits per heavy atom. The summed E-state index contributed by atoms with van der Waals surface area (Å²) in [7, 11) is 0. The van der Waals surface area contributed by atoms with Gasteiger partial charge < -0.3 is 74.5 Å². The van der Waals surface area contributed by atoms with Crippen molar-refractivity contribution in [2.75, 3.05) is 18.8 Å². The van der Waals surface area contributed by atoms with Gasteiger partial charge in [-0.25, -0.2) is 4.79 Å². The second kappa shape index (κ2) is 25.3. The second-order valence-electron chi connectivity index (χ2n) is 16.1. The third-order valence-electron chi connectivity index (χ3n) is 10.7. The standard InChI is InChI=1S/C41H63N13O11S/c1-19(42)32(56)52-29(18-66)36(60)48-20(2)33(57)47-21(3)34(58)51-28(16-24-17-46-26-11-7-6-10-25(24)26)35(59)49-22(4)39(63)54-15-9-13-30(54)37(61)53-31(23(5)55)38(62)50-27(40(64)65)12-8-14-45-41(43)44/h6-7,10-11,17,19-23,27-31,46,55,66H,8-9,12-16,18,42H2,1-5H3,(H,47,57)(H,48,60)(H,49,59)(H,50,62)(H,51,58)(H,52,56)(H,53,61)(H,64,65)(H4,43,44,45)/t19-,20-,21-,22-,23+,27-,28-,29-,30-,31-/m0/s1. The van der Waals surface area contributed by atoms with Crippen LogP contribution in [0.3, 0.4) is 0 Å². The molecule has 0 radical (unpaired) electrons. The number of carbonyl (C=O) groups excluding carboxylic acids is 8. The number of guanidine groups is 1. The van der Waals surface area contributed by atoms with Gasteiger partial charge in [-0.1, -0.05) is 18.2 Å². The van der Waals surface area contributed by atoms with Gasteiger partial charge >= 0.3 is 5.97 Å². The number of aromatic amines is 1. The van der Waals surface area contributed by atoms with Gasteiger partial charge in [0.05, 0.1) is 12.1 Å². The number of hydrogen-bond donors (Lipinski definition) is 14. The molecule has 1 saturated heterocycles. The summed E-state index contributed by atoms with van der Waals surface area (Å²) in [6.07, 6.45) is 0.799. The minimum atomic E-state index is -1.60. The van der Waals surface area contributed by atoms with Gasteiger partial charge in [-0.05, 0) is 71.9 Å². The highest BCUT2D eigenvalue weighted by Crippen LogP contribution is 2.21. The van der Waals surface area contributed by atoms with Crippen LogP contribution in [0.5, 0.6) is 0 Å². The molecule has 16 N–H and O–H groups in total. The molecule has 3 rings (SSSR count). The van der Waals surface area contributed by atoms with E-state index in [1.54, 1.807) is 12.3 Å². The number of fused-ring (bicyclic) bond motifs is 1. The van der Waals surface area contributed by atoms with Crippen LogP contribution in [0.1, 0.15) is 65.9 Å². The number of hydrogen-bond acceptors (Lipinski definition) is 13. The summed E-state index contributed by atoms with van der Waals surface area (Å²) in [6.45, 7) is 6.97. The Balaban J connectivity index is 1.72. The molecule has 1 aromatic heterocycles. The van der Waals surface area contributed by atoms with Gasteiger partial charge in [0.15, 0.2) is 5.96 Å². The number of amides is 8. The summed E-state index contributed by atoms with van der Waals surface area (Å²) in [5, 5.41) is 38.3. The minimum absolute atomic E-state index is 0.0632. The van der Waals surface area contributed by atoms with Crippen LogP contribution in [0.25, 0.3) is 10.9 Å². The Labute approximate surface area is 386 Å². The van der Waals surface area contributed by atoms with E-state index >= 15 is 0 Å². The molecule has 1 fully saturated rings. The van der Waals surface area contributed by atoms with Gasteiger partial charge in [0.1, 0.15) is 48.3 Å². The number of para-hydroxylation sites is 1. The summed E-state index contributed by atoms with van der Waals surface area (Å²) >= 11 is 4.09. The predicted molar refractivity (Wildman–Crippen MR) is 244 cm³/mol. The van der Waals surface area contributed by atoms with Crippen molar-refractivity contribution >= 4 is 82.7 Å². The predicted octanol–water partition coefficient (Wildman–Crippen LogP) is -4.05. The number of carbonyl (C=O) groups is 9. The molecule has 25 heteroatoms. The lowest BCUT2D eigenvalue weighted by atomic mass is 10.0. The van der Waals surface area contributed by atoms with Crippen LogP contribution in [0, 0.1) is 0 Å². The van der Waals surface area contributed by atoms with Crippen molar-refractivity contribution < 1.29 is 53.4 Å². The zero-order valence-corrected chi connectivity index (χ0v) is 38.4. The van der Waals surface area contributed by atoms with Gasteiger partial charge in [0.2, 0.25) is 47.3 Å². The first-order valence-electron chi connectivity index (χ1n) is 21.4. The number of aromatic nitrogens is 1. The van der Waals surface area contributed by atoms with E-state index in [4.69, 9.17) is 17.2 Å². The van der Waals surface area contributed by atoms with Gasteiger partial charge in [0, 0.05) is 42.4 Å². The highest BCUT2D eigenvalue weighted by Gasteiger charge is 2.40. The molecule has 10 atom stereocenters. The average molecular weight is 946 g/mol. The van der Waals surface area contributed by atoms with Crippen LogP contribution < -0.4 is 54.4 Å². The number of H-pyrrole nitrogens is 1. The molecule has 0 unspecified atom stereocenters. The first-order chi connectivity index (χ1) is 31.0. The van der Waals surface area contributed by atoms with Crippen molar-refractivity contribution in [1.29, 1.82) is 0 Å². The summed E-state index contributed by atoms with van der Waals surface area (Å²) in [5.41, 5.74) is 17.6. The van der Waals surface area contributed by atoms with E-state index in [1.807, 2.05) is 18.2 Å². The summed E-state index contributed by atoms with van der Waals surface area (Å²) in [5.74, 6) is -7.74. The number of aliphatic hydroxyl groups is 1. The Bertz CT molecular complexity index is 2110. The molecule has 0 spiro atoms. The van der Waals surface area contributed by atoms with Gasteiger partial charge in [0.25, 0.3) is 0 Å². The molecular formula is C41H63N13O11S. The van der Waals surface area contributed by atoms with E-state index in [9.17, 15) is 53.4 Å². The van der Waals surface area contributed by atoms with Crippen molar-refractivity contribution in [3.63, 3.8) is 0 Å². The monoisotopic (exact) mass is 945 g/mol. The van der Waals surface area contributed by atoms with E-state index < -0.39 is 114 Å². The number of likely N-dealkylation sites (tertiary alicyclic amines) is 1. The fourth-order valence-corrected chi connectivity index (χ4v) is 7.17. The SMILES string of the molecule is C[C@H](N)C(=O)N[C@@H](CS)C(=O)N[C@@H](C)C(=O)N[C@@H](C)C(=O)N[C@@H](Cc1c[nH]c2ccccc12)C(=O)N[C@@H](C)C(=O)N1CCC[C@H]1C(=O)N[C@H](C(=O)N[C@@H](CCCN=C(N)N)C(=O)O)[C@@H](C)O. The number of thiol groups is 1. The lowest BCUT2D eigenvalue weighted by Crippen LogP contribution is -2.60. The number of carboxylic acid groups (broad SMARTS) is 1. The van der Waals surface area contributed by atoms with Crippen LogP contribution in [0.15, 0.2) is 35.5 Å². The van der Waals surface area contributed by atoms with Gasteiger partial charge in [-0.15, -0.1) is 0 Å². The third-order valence-corrected chi connectivity index (χ3v) is 11.0. The maximum absolute atomic E-state index is 14.0. The van der Waals surface area contributed by atoms with Crippen LogP contribution >= 0.6 is 12.6 Å². The normalized spacial score (nSPS) is 17.5. The summed E-state index contributed by atoms with van der Waals surface area (Å²) in [4.78, 5) is 126. The number of nitrogens with zero attached hydrogens (tertiary/aromatic N) is 2. The van der Waals surface area contributed by atoms with E-state index in [2.05, 4.69) is 59.8 Å². The first-order valence-corrected chi connectivity index (χ1v) is 22.0. The second-order valence-corrected chi connectivity index (χ2v) is 16.5. The van der Waals surface area contributed by atoms with Gasteiger partial charge in [-0.2, -0.15) is 12.6 Å². The van der Waals surface area contributed by atoms with Crippen molar-refractivity contribution in [2.24, 2.45) is 22.2 Å². The van der Waals surface area contributed by atoms with Crippen molar-refractivity contribution in [3.05, 3.63) is 36.0 Å². The smallest absolute Gasteiger partial charge is 0.326 e. The fraction of sp³-hybridized carbons (Fsp3) is 0.561. The molecule has 2 heterocycles. The molecule has 0 aliphatic carbocycles. The number of rotatable bonds is 24.